The van der Waals surface area contributed by atoms with Crippen LogP contribution in [0.3, 0.4) is 0 Å². The second-order valence-electron chi connectivity index (χ2n) is 4.36. The summed E-state index contributed by atoms with van der Waals surface area (Å²) in [5.74, 6) is 0.0151. The van der Waals surface area contributed by atoms with Crippen LogP contribution in [0.4, 0.5) is 5.69 Å². The number of ether oxygens (including phenoxy) is 1. The van der Waals surface area contributed by atoms with Gasteiger partial charge in [0.2, 0.25) is 0 Å². The Morgan fingerprint density at radius 2 is 2.06 bits per heavy atom. The summed E-state index contributed by atoms with van der Waals surface area (Å²) in [5.41, 5.74) is 1.70. The number of carbonyl (C=O) groups is 1. The van der Waals surface area contributed by atoms with Crippen molar-refractivity contribution in [2.75, 3.05) is 31.2 Å². The van der Waals surface area contributed by atoms with E-state index >= 15 is 0 Å². The topological polar surface area (TPSA) is 29.5 Å². The van der Waals surface area contributed by atoms with E-state index in [1.165, 1.54) is 0 Å². The van der Waals surface area contributed by atoms with Crippen molar-refractivity contribution < 1.29 is 9.53 Å². The lowest BCUT2D eigenvalue weighted by Gasteiger charge is -2.30. The van der Waals surface area contributed by atoms with Crippen LogP contribution in [0.25, 0.3) is 0 Å². The molecule has 1 saturated heterocycles. The van der Waals surface area contributed by atoms with E-state index in [4.69, 9.17) is 16.3 Å². The second kappa shape index (κ2) is 6.21. The molecule has 3 nitrogen and oxygen atoms in total. The van der Waals surface area contributed by atoms with Gasteiger partial charge in [0.1, 0.15) is 0 Å². The highest BCUT2D eigenvalue weighted by Crippen LogP contribution is 2.24. The first-order valence-corrected chi connectivity index (χ1v) is 6.77. The Labute approximate surface area is 113 Å². The minimum Gasteiger partial charge on any atom is -0.378 e. The number of nitrogens with zero attached hydrogens (tertiary/aromatic N) is 1. The number of ketones is 1. The molecule has 0 bridgehead atoms. The number of anilines is 1. The molecule has 0 radical (unpaired) electrons. The molecule has 1 atom stereocenters. The maximum Gasteiger partial charge on any atom is 0.182 e. The largest absolute Gasteiger partial charge is 0.378 e. The van der Waals surface area contributed by atoms with Gasteiger partial charge < -0.3 is 9.64 Å². The second-order valence-corrected chi connectivity index (χ2v) is 4.88. The first-order valence-electron chi connectivity index (χ1n) is 6.34. The molecule has 4 heteroatoms. The Morgan fingerprint density at radius 3 is 2.72 bits per heavy atom. The molecule has 1 heterocycles. The van der Waals surface area contributed by atoms with Gasteiger partial charge in [0.15, 0.2) is 5.78 Å². The smallest absolute Gasteiger partial charge is 0.182 e. The first-order chi connectivity index (χ1) is 8.74. The zero-order chi connectivity index (χ0) is 13.0. The lowest BCUT2D eigenvalue weighted by molar-refractivity contribution is 0.0984. The minimum absolute atomic E-state index is 0.0151. The molecule has 1 aliphatic heterocycles. The monoisotopic (exact) mass is 267 g/mol. The number of hydrogen-bond donors (Lipinski definition) is 0. The van der Waals surface area contributed by atoms with Gasteiger partial charge in [-0.05, 0) is 18.6 Å². The quantitative estimate of drug-likeness (QED) is 0.621. The van der Waals surface area contributed by atoms with E-state index in [9.17, 15) is 4.79 Å². The fourth-order valence-electron chi connectivity index (χ4n) is 2.12. The lowest BCUT2D eigenvalue weighted by Crippen LogP contribution is -2.37. The number of benzene rings is 1. The van der Waals surface area contributed by atoms with Crippen LogP contribution >= 0.6 is 11.6 Å². The van der Waals surface area contributed by atoms with E-state index in [-0.39, 0.29) is 5.78 Å². The van der Waals surface area contributed by atoms with Crippen molar-refractivity contribution in [3.05, 3.63) is 29.8 Å². The molecular formula is C14H18ClNO2. The highest BCUT2D eigenvalue weighted by atomic mass is 35.5. The van der Waals surface area contributed by atoms with E-state index in [1.54, 1.807) is 0 Å². The van der Waals surface area contributed by atoms with Crippen LogP contribution in [-0.4, -0.2) is 37.5 Å². The third-order valence-corrected chi connectivity index (χ3v) is 3.67. The van der Waals surface area contributed by atoms with Gasteiger partial charge in [0.25, 0.3) is 0 Å². The molecule has 1 aliphatic rings. The summed E-state index contributed by atoms with van der Waals surface area (Å²) in [5, 5.41) is -0.438. The van der Waals surface area contributed by atoms with E-state index in [1.807, 2.05) is 31.2 Å². The Hall–Kier alpha value is -1.06. The molecule has 1 fully saturated rings. The van der Waals surface area contributed by atoms with Crippen molar-refractivity contribution in [2.45, 2.75) is 18.7 Å². The molecule has 1 unspecified atom stereocenters. The molecule has 0 spiro atoms. The fourth-order valence-corrected chi connectivity index (χ4v) is 2.23. The number of halogens is 1. The predicted molar refractivity (Wildman–Crippen MR) is 73.7 cm³/mol. The Balaban J connectivity index is 2.27. The zero-order valence-corrected chi connectivity index (χ0v) is 11.3. The van der Waals surface area contributed by atoms with Gasteiger partial charge in [-0.25, -0.2) is 0 Å². The van der Waals surface area contributed by atoms with Crippen molar-refractivity contribution >= 4 is 23.1 Å². The average molecular weight is 268 g/mol. The number of alkyl halides is 1. The summed E-state index contributed by atoms with van der Waals surface area (Å²) in [6.45, 7) is 4.99. The van der Waals surface area contributed by atoms with Crippen molar-refractivity contribution in [3.8, 4) is 0 Å². The van der Waals surface area contributed by atoms with Gasteiger partial charge in [-0.15, -0.1) is 11.6 Å². The summed E-state index contributed by atoms with van der Waals surface area (Å²) < 4.78 is 5.34. The van der Waals surface area contributed by atoms with E-state index in [2.05, 4.69) is 4.90 Å². The van der Waals surface area contributed by atoms with E-state index < -0.39 is 5.38 Å². The Bertz CT molecular complexity index is 416. The fraction of sp³-hybridized carbons (Fsp3) is 0.500. The first kappa shape index (κ1) is 13.4. The third-order valence-electron chi connectivity index (χ3n) is 3.16. The van der Waals surface area contributed by atoms with Crippen LogP contribution in [-0.2, 0) is 4.74 Å². The zero-order valence-electron chi connectivity index (χ0n) is 10.6. The van der Waals surface area contributed by atoms with Crippen molar-refractivity contribution in [1.82, 2.24) is 0 Å². The SMILES string of the molecule is CCC(Cl)C(=O)c1ccccc1N1CCOCC1. The number of Topliss-reactive ketones (excluding diaryl/α,β-unsaturated/α-hetero) is 1. The minimum atomic E-state index is -0.438. The summed E-state index contributed by atoms with van der Waals surface area (Å²) in [7, 11) is 0. The van der Waals surface area contributed by atoms with Crippen LogP contribution < -0.4 is 4.90 Å². The maximum atomic E-state index is 12.2. The molecule has 0 aliphatic carbocycles. The normalized spacial score (nSPS) is 17.6. The van der Waals surface area contributed by atoms with Gasteiger partial charge in [-0.1, -0.05) is 19.1 Å². The van der Waals surface area contributed by atoms with Gasteiger partial charge in [0.05, 0.1) is 18.6 Å². The number of hydrogen-bond acceptors (Lipinski definition) is 3. The number of carbonyl (C=O) groups excluding carboxylic acids is 1. The van der Waals surface area contributed by atoms with E-state index in [0.29, 0.717) is 19.6 Å². The molecule has 0 amide bonds. The van der Waals surface area contributed by atoms with Gasteiger partial charge in [-0.3, -0.25) is 4.79 Å². The number of para-hydroxylation sites is 1. The molecule has 0 aromatic heterocycles. The summed E-state index contributed by atoms with van der Waals surface area (Å²) in [4.78, 5) is 14.4. The predicted octanol–water partition coefficient (Wildman–Crippen LogP) is 2.72. The lowest BCUT2D eigenvalue weighted by atomic mass is 10.0. The number of rotatable bonds is 4. The summed E-state index contributed by atoms with van der Waals surface area (Å²) in [6, 6.07) is 7.68. The summed E-state index contributed by atoms with van der Waals surface area (Å²) in [6.07, 6.45) is 0.651. The molecular weight excluding hydrogens is 250 g/mol. The molecule has 1 aromatic rings. The van der Waals surface area contributed by atoms with Crippen LogP contribution in [0.1, 0.15) is 23.7 Å². The van der Waals surface area contributed by atoms with Crippen molar-refractivity contribution in [3.63, 3.8) is 0 Å². The molecule has 98 valence electrons. The molecule has 18 heavy (non-hydrogen) atoms. The van der Waals surface area contributed by atoms with Crippen LogP contribution in [0.5, 0.6) is 0 Å². The standard InChI is InChI=1S/C14H18ClNO2/c1-2-12(15)14(17)11-5-3-4-6-13(11)16-7-9-18-10-8-16/h3-6,12H,2,7-10H2,1H3. The highest BCUT2D eigenvalue weighted by molar-refractivity contribution is 6.34. The van der Waals surface area contributed by atoms with Crippen LogP contribution in [0, 0.1) is 0 Å². The maximum absolute atomic E-state index is 12.2. The van der Waals surface area contributed by atoms with Gasteiger partial charge >= 0.3 is 0 Å². The van der Waals surface area contributed by atoms with Crippen LogP contribution in [0.15, 0.2) is 24.3 Å². The Kier molecular flexibility index (Phi) is 4.61. The Morgan fingerprint density at radius 1 is 1.39 bits per heavy atom. The third kappa shape index (κ3) is 2.85. The summed E-state index contributed by atoms with van der Waals surface area (Å²) >= 11 is 6.07. The van der Waals surface area contributed by atoms with Gasteiger partial charge in [0, 0.05) is 24.3 Å². The van der Waals surface area contributed by atoms with Crippen molar-refractivity contribution in [2.24, 2.45) is 0 Å². The number of morpholine rings is 1. The molecule has 0 N–H and O–H groups in total. The molecule has 0 saturated carbocycles. The van der Waals surface area contributed by atoms with E-state index in [0.717, 1.165) is 24.3 Å². The highest BCUT2D eigenvalue weighted by Gasteiger charge is 2.22. The average Bonchev–Trinajstić information content (AvgIpc) is 2.46. The molecule has 1 aromatic carbocycles. The van der Waals surface area contributed by atoms with Crippen LogP contribution in [0.2, 0.25) is 0 Å². The molecule has 2 rings (SSSR count). The van der Waals surface area contributed by atoms with Crippen molar-refractivity contribution in [1.29, 1.82) is 0 Å². The van der Waals surface area contributed by atoms with Gasteiger partial charge in [-0.2, -0.15) is 0 Å².